The standard InChI is InChI=1S/C14H16N6O3S/c1-3-12-15-14(19-17-12)24-8-13(21)18-16-9(2)10-4-6-11(7-5-10)20(22)23/h4-7H,3,8H2,1-2H3,(H,18,21)(H,15,17,19)/b16-9+. The molecule has 0 fully saturated rings. The summed E-state index contributed by atoms with van der Waals surface area (Å²) in [6.07, 6.45) is 0.748. The summed E-state index contributed by atoms with van der Waals surface area (Å²) >= 11 is 1.21. The predicted molar refractivity (Wildman–Crippen MR) is 89.9 cm³/mol. The minimum absolute atomic E-state index is 0.00457. The molecule has 1 amide bonds. The van der Waals surface area contributed by atoms with Crippen molar-refractivity contribution in [3.05, 3.63) is 45.8 Å². The van der Waals surface area contributed by atoms with E-state index in [4.69, 9.17) is 0 Å². The summed E-state index contributed by atoms with van der Waals surface area (Å²) in [4.78, 5) is 26.1. The van der Waals surface area contributed by atoms with E-state index in [0.717, 1.165) is 12.2 Å². The lowest BCUT2D eigenvalue weighted by Crippen LogP contribution is -2.21. The topological polar surface area (TPSA) is 126 Å². The Morgan fingerprint density at radius 3 is 2.71 bits per heavy atom. The number of rotatable bonds is 7. The number of aryl methyl sites for hydroxylation is 1. The first kappa shape index (κ1) is 17.6. The molecule has 0 saturated heterocycles. The third-order valence-corrected chi connectivity index (χ3v) is 3.87. The highest BCUT2D eigenvalue weighted by atomic mass is 32.2. The molecule has 9 nitrogen and oxygen atoms in total. The average molecular weight is 348 g/mol. The highest BCUT2D eigenvalue weighted by Crippen LogP contribution is 2.13. The monoisotopic (exact) mass is 348 g/mol. The van der Waals surface area contributed by atoms with Gasteiger partial charge >= 0.3 is 0 Å². The molecule has 0 atom stereocenters. The number of carbonyl (C=O) groups is 1. The van der Waals surface area contributed by atoms with Crippen LogP contribution >= 0.6 is 11.8 Å². The van der Waals surface area contributed by atoms with E-state index in [1.165, 1.54) is 23.9 Å². The molecule has 0 bridgehead atoms. The van der Waals surface area contributed by atoms with Crippen molar-refractivity contribution in [1.82, 2.24) is 20.6 Å². The molecule has 1 heterocycles. The highest BCUT2D eigenvalue weighted by Gasteiger charge is 2.08. The van der Waals surface area contributed by atoms with E-state index < -0.39 is 4.92 Å². The van der Waals surface area contributed by atoms with Crippen molar-refractivity contribution in [3.8, 4) is 0 Å². The largest absolute Gasteiger partial charge is 0.272 e. The number of benzene rings is 1. The Balaban J connectivity index is 1.86. The zero-order valence-electron chi connectivity index (χ0n) is 13.1. The second-order valence-electron chi connectivity index (χ2n) is 4.74. The molecule has 0 saturated carbocycles. The lowest BCUT2D eigenvalue weighted by Gasteiger charge is -2.02. The molecule has 2 aromatic rings. The molecule has 0 aliphatic rings. The van der Waals surface area contributed by atoms with Gasteiger partial charge in [0.05, 0.1) is 16.4 Å². The molecule has 10 heteroatoms. The van der Waals surface area contributed by atoms with Gasteiger partial charge in [-0.3, -0.25) is 20.0 Å². The van der Waals surface area contributed by atoms with Crippen molar-refractivity contribution in [2.75, 3.05) is 5.75 Å². The number of non-ortho nitro benzene ring substituents is 1. The van der Waals surface area contributed by atoms with Crippen molar-refractivity contribution in [1.29, 1.82) is 0 Å². The Labute approximate surface area is 142 Å². The molecule has 0 aliphatic carbocycles. The summed E-state index contributed by atoms with van der Waals surface area (Å²) < 4.78 is 0. The molecular weight excluding hydrogens is 332 g/mol. The van der Waals surface area contributed by atoms with Crippen LogP contribution in [-0.4, -0.2) is 37.5 Å². The molecular formula is C14H16N6O3S. The number of aromatic amines is 1. The molecule has 24 heavy (non-hydrogen) atoms. The second-order valence-corrected chi connectivity index (χ2v) is 5.69. The van der Waals surface area contributed by atoms with Gasteiger partial charge in [-0.25, -0.2) is 10.4 Å². The maximum absolute atomic E-state index is 11.8. The number of amides is 1. The Bertz CT molecular complexity index is 756. The van der Waals surface area contributed by atoms with E-state index in [1.807, 2.05) is 6.92 Å². The van der Waals surface area contributed by atoms with Crippen LogP contribution in [0, 0.1) is 10.1 Å². The maximum Gasteiger partial charge on any atom is 0.269 e. The van der Waals surface area contributed by atoms with E-state index in [2.05, 4.69) is 25.7 Å². The molecule has 2 N–H and O–H groups in total. The van der Waals surface area contributed by atoms with Crippen molar-refractivity contribution >= 4 is 29.1 Å². The van der Waals surface area contributed by atoms with Gasteiger partial charge in [-0.15, -0.1) is 5.10 Å². The number of thioether (sulfide) groups is 1. The van der Waals surface area contributed by atoms with Gasteiger partial charge in [0.25, 0.3) is 11.6 Å². The van der Waals surface area contributed by atoms with Gasteiger partial charge in [0.2, 0.25) is 5.16 Å². The summed E-state index contributed by atoms with van der Waals surface area (Å²) in [5.74, 6) is 0.618. The van der Waals surface area contributed by atoms with Crippen molar-refractivity contribution in [2.45, 2.75) is 25.4 Å². The second kappa shape index (κ2) is 8.20. The molecule has 0 spiro atoms. The Hall–Kier alpha value is -2.75. The SMILES string of the molecule is CCc1nc(SCC(=O)N/N=C(\C)c2ccc([N+](=O)[O-])cc2)n[nH]1. The lowest BCUT2D eigenvalue weighted by atomic mass is 10.1. The van der Waals surface area contributed by atoms with Gasteiger partial charge in [0.1, 0.15) is 5.82 Å². The Morgan fingerprint density at radius 2 is 2.12 bits per heavy atom. The molecule has 0 radical (unpaired) electrons. The Morgan fingerprint density at radius 1 is 1.42 bits per heavy atom. The van der Waals surface area contributed by atoms with Gasteiger partial charge in [0, 0.05) is 18.6 Å². The van der Waals surface area contributed by atoms with Crippen LogP contribution in [0.5, 0.6) is 0 Å². The number of nitrogens with zero attached hydrogens (tertiary/aromatic N) is 4. The number of hydrazone groups is 1. The average Bonchev–Trinajstić information content (AvgIpc) is 3.06. The fraction of sp³-hybridized carbons (Fsp3) is 0.286. The minimum atomic E-state index is -0.470. The fourth-order valence-corrected chi connectivity index (χ4v) is 2.31. The molecule has 0 unspecified atom stereocenters. The summed E-state index contributed by atoms with van der Waals surface area (Å²) in [5, 5.41) is 21.9. The van der Waals surface area contributed by atoms with Gasteiger partial charge in [0.15, 0.2) is 0 Å². The zero-order valence-corrected chi connectivity index (χ0v) is 14.0. The van der Waals surface area contributed by atoms with Crippen LogP contribution in [0.3, 0.4) is 0 Å². The van der Waals surface area contributed by atoms with E-state index in [9.17, 15) is 14.9 Å². The molecule has 0 aliphatic heterocycles. The van der Waals surface area contributed by atoms with Gasteiger partial charge < -0.3 is 0 Å². The quantitative estimate of drug-likeness (QED) is 0.341. The molecule has 1 aromatic heterocycles. The maximum atomic E-state index is 11.8. The van der Waals surface area contributed by atoms with E-state index >= 15 is 0 Å². The van der Waals surface area contributed by atoms with Crippen molar-refractivity contribution < 1.29 is 9.72 Å². The number of carbonyl (C=O) groups excluding carboxylic acids is 1. The predicted octanol–water partition coefficient (Wildman–Crippen LogP) is 1.91. The zero-order chi connectivity index (χ0) is 17.5. The van der Waals surface area contributed by atoms with Crippen molar-refractivity contribution in [3.63, 3.8) is 0 Å². The van der Waals surface area contributed by atoms with Crippen LogP contribution in [0.2, 0.25) is 0 Å². The fourth-order valence-electron chi connectivity index (χ4n) is 1.70. The molecule has 2 rings (SSSR count). The summed E-state index contributed by atoms with van der Waals surface area (Å²) in [6.45, 7) is 3.66. The van der Waals surface area contributed by atoms with Crippen LogP contribution in [-0.2, 0) is 11.2 Å². The van der Waals surface area contributed by atoms with Crippen LogP contribution in [0.15, 0.2) is 34.5 Å². The van der Waals surface area contributed by atoms with Crippen molar-refractivity contribution in [2.24, 2.45) is 5.10 Å². The third kappa shape index (κ3) is 4.88. The number of nitro benzene ring substituents is 1. The minimum Gasteiger partial charge on any atom is -0.272 e. The number of nitro groups is 1. The highest BCUT2D eigenvalue weighted by molar-refractivity contribution is 7.99. The van der Waals surface area contributed by atoms with Crippen LogP contribution < -0.4 is 5.43 Å². The third-order valence-electron chi connectivity index (χ3n) is 3.02. The first-order valence-corrected chi connectivity index (χ1v) is 8.10. The van der Waals surface area contributed by atoms with E-state index in [-0.39, 0.29) is 17.3 Å². The van der Waals surface area contributed by atoms with Gasteiger partial charge in [-0.1, -0.05) is 18.7 Å². The van der Waals surface area contributed by atoms with E-state index in [0.29, 0.717) is 16.4 Å². The number of nitrogens with one attached hydrogen (secondary N) is 2. The lowest BCUT2D eigenvalue weighted by molar-refractivity contribution is -0.384. The first-order chi connectivity index (χ1) is 11.5. The van der Waals surface area contributed by atoms with E-state index in [1.54, 1.807) is 19.1 Å². The summed E-state index contributed by atoms with van der Waals surface area (Å²) in [7, 11) is 0. The summed E-state index contributed by atoms with van der Waals surface area (Å²) in [5.41, 5.74) is 3.68. The number of aromatic nitrogens is 3. The first-order valence-electron chi connectivity index (χ1n) is 7.11. The number of hydrogen-bond acceptors (Lipinski definition) is 7. The molecule has 126 valence electrons. The molecule has 1 aromatic carbocycles. The summed E-state index contributed by atoms with van der Waals surface area (Å²) in [6, 6.07) is 5.94. The van der Waals surface area contributed by atoms with Crippen LogP contribution in [0.1, 0.15) is 25.2 Å². The number of hydrogen-bond donors (Lipinski definition) is 2. The number of H-pyrrole nitrogens is 1. The van der Waals surface area contributed by atoms with Gasteiger partial charge in [-0.05, 0) is 24.6 Å². The Kier molecular flexibility index (Phi) is 6.01. The van der Waals surface area contributed by atoms with Gasteiger partial charge in [-0.2, -0.15) is 5.10 Å². The smallest absolute Gasteiger partial charge is 0.269 e. The van der Waals surface area contributed by atoms with Crippen LogP contribution in [0.4, 0.5) is 5.69 Å². The normalized spacial score (nSPS) is 11.3. The van der Waals surface area contributed by atoms with Crippen LogP contribution in [0.25, 0.3) is 0 Å².